The van der Waals surface area contributed by atoms with Gasteiger partial charge in [-0.05, 0) is 30.4 Å². The molecular weight excluding hydrogens is 210 g/mol. The Hall–Kier alpha value is -0.830. The zero-order valence-corrected chi connectivity index (χ0v) is 12.1. The summed E-state index contributed by atoms with van der Waals surface area (Å²) < 4.78 is 1.97. The van der Waals surface area contributed by atoms with Crippen LogP contribution in [0.3, 0.4) is 0 Å². The summed E-state index contributed by atoms with van der Waals surface area (Å²) in [4.78, 5) is 0. The predicted molar refractivity (Wildman–Crippen MR) is 72.9 cm³/mol. The summed E-state index contributed by atoms with van der Waals surface area (Å²) in [6, 6.07) is 2.52. The molecule has 0 aliphatic heterocycles. The minimum Gasteiger partial charge on any atom is -0.309 e. The fourth-order valence-corrected chi connectivity index (χ4v) is 1.99. The average molecular weight is 237 g/mol. The maximum atomic E-state index is 4.27. The van der Waals surface area contributed by atoms with E-state index in [1.165, 1.54) is 5.69 Å². The van der Waals surface area contributed by atoms with Crippen molar-refractivity contribution >= 4 is 0 Å². The predicted octanol–water partition coefficient (Wildman–Crippen LogP) is 3.14. The van der Waals surface area contributed by atoms with Crippen LogP contribution in [0.25, 0.3) is 0 Å². The van der Waals surface area contributed by atoms with Gasteiger partial charge in [-0.3, -0.25) is 4.68 Å². The van der Waals surface area contributed by atoms with Crippen molar-refractivity contribution in [2.75, 3.05) is 6.54 Å². The zero-order valence-electron chi connectivity index (χ0n) is 12.1. The summed E-state index contributed by atoms with van der Waals surface area (Å²) in [7, 11) is 2.02. The van der Waals surface area contributed by atoms with E-state index < -0.39 is 0 Å². The monoisotopic (exact) mass is 237 g/mol. The molecule has 3 nitrogen and oxygen atoms in total. The molecule has 0 aromatic carbocycles. The van der Waals surface area contributed by atoms with Crippen molar-refractivity contribution in [1.29, 1.82) is 0 Å². The van der Waals surface area contributed by atoms with Crippen molar-refractivity contribution in [2.24, 2.45) is 18.4 Å². The molecule has 1 heterocycles. The van der Waals surface area contributed by atoms with Crippen LogP contribution in [0.1, 0.15) is 52.8 Å². The second-order valence-electron chi connectivity index (χ2n) is 5.99. The molecule has 1 N–H and O–H groups in total. The Morgan fingerprint density at radius 2 is 2.06 bits per heavy atom. The maximum Gasteiger partial charge on any atom is 0.0550 e. The molecular formula is C14H27N3. The summed E-state index contributed by atoms with van der Waals surface area (Å²) in [5.74, 6) is 0.668. The normalized spacial score (nSPS) is 15.9. The fourth-order valence-electron chi connectivity index (χ4n) is 1.99. The number of aryl methyl sites for hydroxylation is 1. The van der Waals surface area contributed by atoms with E-state index in [0.717, 1.165) is 13.0 Å². The number of nitrogens with zero attached hydrogens (tertiary/aromatic N) is 2. The minimum absolute atomic E-state index is 0.353. The molecule has 0 radical (unpaired) electrons. The topological polar surface area (TPSA) is 29.9 Å². The smallest absolute Gasteiger partial charge is 0.0550 e. The molecule has 1 aromatic heterocycles. The molecule has 0 spiro atoms. The summed E-state index contributed by atoms with van der Waals surface area (Å²) in [6.07, 6.45) is 3.03. The third-order valence-electron chi connectivity index (χ3n) is 3.73. The average Bonchev–Trinajstić information content (AvgIpc) is 2.62. The lowest BCUT2D eigenvalue weighted by Crippen LogP contribution is -2.28. The number of hydrogen-bond donors (Lipinski definition) is 1. The van der Waals surface area contributed by atoms with Gasteiger partial charge in [0.25, 0.3) is 0 Å². The van der Waals surface area contributed by atoms with Crippen LogP contribution in [0.2, 0.25) is 0 Å². The Morgan fingerprint density at radius 3 is 2.47 bits per heavy atom. The van der Waals surface area contributed by atoms with Gasteiger partial charge in [0.15, 0.2) is 0 Å². The number of rotatable bonds is 5. The largest absolute Gasteiger partial charge is 0.309 e. The third kappa shape index (κ3) is 3.84. The molecule has 2 atom stereocenters. The Morgan fingerprint density at radius 1 is 1.41 bits per heavy atom. The molecule has 2 unspecified atom stereocenters. The molecule has 0 amide bonds. The van der Waals surface area contributed by atoms with Crippen molar-refractivity contribution in [1.82, 2.24) is 15.1 Å². The van der Waals surface area contributed by atoms with Crippen molar-refractivity contribution in [2.45, 2.75) is 47.1 Å². The van der Waals surface area contributed by atoms with E-state index in [0.29, 0.717) is 17.4 Å². The van der Waals surface area contributed by atoms with Gasteiger partial charge >= 0.3 is 0 Å². The molecule has 0 bridgehead atoms. The highest BCUT2D eigenvalue weighted by atomic mass is 15.3. The summed E-state index contributed by atoms with van der Waals surface area (Å²) in [5, 5.41) is 7.83. The van der Waals surface area contributed by atoms with Gasteiger partial charge in [0.1, 0.15) is 0 Å². The molecule has 98 valence electrons. The van der Waals surface area contributed by atoms with Gasteiger partial charge in [-0.25, -0.2) is 0 Å². The minimum atomic E-state index is 0.353. The highest BCUT2D eigenvalue weighted by Gasteiger charge is 2.25. The van der Waals surface area contributed by atoms with Gasteiger partial charge in [0.2, 0.25) is 0 Å². The molecule has 1 rings (SSSR count). The van der Waals surface area contributed by atoms with Gasteiger partial charge in [0, 0.05) is 19.3 Å². The lowest BCUT2D eigenvalue weighted by molar-refractivity contribution is 0.221. The molecule has 0 aliphatic carbocycles. The van der Waals surface area contributed by atoms with Gasteiger partial charge in [0.05, 0.1) is 5.69 Å². The molecule has 0 saturated carbocycles. The standard InChI is InChI=1S/C14H27N3/c1-7-15-12(10-11(2)14(3,4)5)13-8-9-16-17(13)6/h8-9,11-12,15H,7,10H2,1-6H3. The summed E-state index contributed by atoms with van der Waals surface area (Å²) in [6.45, 7) is 12.4. The van der Waals surface area contributed by atoms with Gasteiger partial charge in [-0.1, -0.05) is 34.6 Å². The first-order valence-corrected chi connectivity index (χ1v) is 6.57. The van der Waals surface area contributed by atoms with Crippen LogP contribution in [0.4, 0.5) is 0 Å². The summed E-state index contributed by atoms with van der Waals surface area (Å²) in [5.41, 5.74) is 1.63. The third-order valence-corrected chi connectivity index (χ3v) is 3.73. The number of aromatic nitrogens is 2. The Kier molecular flexibility index (Phi) is 4.75. The van der Waals surface area contributed by atoms with Crippen LogP contribution < -0.4 is 5.32 Å². The van der Waals surface area contributed by atoms with Crippen molar-refractivity contribution in [3.8, 4) is 0 Å². The van der Waals surface area contributed by atoms with Crippen LogP contribution >= 0.6 is 0 Å². The van der Waals surface area contributed by atoms with E-state index in [-0.39, 0.29) is 0 Å². The van der Waals surface area contributed by atoms with Crippen molar-refractivity contribution < 1.29 is 0 Å². The highest BCUT2D eigenvalue weighted by molar-refractivity contribution is 5.07. The van der Waals surface area contributed by atoms with Crippen molar-refractivity contribution in [3.05, 3.63) is 18.0 Å². The van der Waals surface area contributed by atoms with Gasteiger partial charge in [-0.2, -0.15) is 5.10 Å². The van der Waals surface area contributed by atoms with Crippen LogP contribution in [-0.4, -0.2) is 16.3 Å². The first-order valence-electron chi connectivity index (χ1n) is 6.57. The highest BCUT2D eigenvalue weighted by Crippen LogP contribution is 2.33. The van der Waals surface area contributed by atoms with E-state index in [4.69, 9.17) is 0 Å². The van der Waals surface area contributed by atoms with E-state index in [9.17, 15) is 0 Å². The van der Waals surface area contributed by atoms with Gasteiger partial charge in [-0.15, -0.1) is 0 Å². The van der Waals surface area contributed by atoms with Crippen LogP contribution in [-0.2, 0) is 7.05 Å². The number of hydrogen-bond acceptors (Lipinski definition) is 2. The quantitative estimate of drug-likeness (QED) is 0.852. The molecule has 0 saturated heterocycles. The van der Waals surface area contributed by atoms with Crippen molar-refractivity contribution in [3.63, 3.8) is 0 Å². The molecule has 3 heteroatoms. The Labute approximate surface area is 106 Å². The lowest BCUT2D eigenvalue weighted by atomic mass is 9.78. The molecule has 0 aliphatic rings. The first kappa shape index (κ1) is 14.2. The first-order chi connectivity index (χ1) is 7.86. The second-order valence-corrected chi connectivity index (χ2v) is 5.99. The molecule has 17 heavy (non-hydrogen) atoms. The SMILES string of the molecule is CCNC(CC(C)C(C)(C)C)c1ccnn1C. The van der Waals surface area contributed by atoms with Crippen LogP contribution in [0.15, 0.2) is 12.3 Å². The lowest BCUT2D eigenvalue weighted by Gasteiger charge is -2.31. The second kappa shape index (κ2) is 5.67. The molecule has 1 aromatic rings. The number of nitrogens with one attached hydrogen (secondary N) is 1. The zero-order chi connectivity index (χ0) is 13.1. The maximum absolute atomic E-state index is 4.27. The van der Waals surface area contributed by atoms with Crippen LogP contribution in [0, 0.1) is 11.3 Å². The van der Waals surface area contributed by atoms with E-state index in [2.05, 4.69) is 51.1 Å². The fraction of sp³-hybridized carbons (Fsp3) is 0.786. The molecule has 0 fully saturated rings. The Bertz CT molecular complexity index is 335. The van der Waals surface area contributed by atoms with Gasteiger partial charge < -0.3 is 5.32 Å². The van der Waals surface area contributed by atoms with E-state index >= 15 is 0 Å². The Balaban J connectivity index is 2.78. The van der Waals surface area contributed by atoms with Crippen LogP contribution in [0.5, 0.6) is 0 Å². The van der Waals surface area contributed by atoms with E-state index in [1.807, 2.05) is 17.9 Å². The summed E-state index contributed by atoms with van der Waals surface area (Å²) >= 11 is 0. The van der Waals surface area contributed by atoms with E-state index in [1.54, 1.807) is 0 Å².